The Labute approximate surface area is 136 Å². The lowest BCUT2D eigenvalue weighted by Crippen LogP contribution is -2.37. The third-order valence-electron chi connectivity index (χ3n) is 3.68. The lowest BCUT2D eigenvalue weighted by atomic mass is 10.2. The number of ether oxygens (including phenoxy) is 1. The maximum atomic E-state index is 12.2. The van der Waals surface area contributed by atoms with Crippen molar-refractivity contribution in [3.05, 3.63) is 29.8 Å². The van der Waals surface area contributed by atoms with Crippen molar-refractivity contribution in [2.24, 2.45) is 0 Å². The molecule has 0 radical (unpaired) electrons. The topological polar surface area (TPSA) is 96.5 Å². The fraction of sp³-hybridized carbons (Fsp3) is 0.533. The number of hydrogen-bond acceptors (Lipinski definition) is 5. The van der Waals surface area contributed by atoms with Crippen molar-refractivity contribution in [3.8, 4) is 0 Å². The van der Waals surface area contributed by atoms with Crippen LogP contribution >= 0.6 is 0 Å². The number of nitrogens with one attached hydrogen (secondary N) is 3. The van der Waals surface area contributed by atoms with Crippen LogP contribution in [0.3, 0.4) is 0 Å². The quantitative estimate of drug-likeness (QED) is 0.583. The molecule has 0 spiro atoms. The molecule has 0 aliphatic carbocycles. The van der Waals surface area contributed by atoms with Gasteiger partial charge in [-0.3, -0.25) is 4.79 Å². The molecule has 3 N–H and O–H groups in total. The number of hydrogen-bond donors (Lipinski definition) is 3. The highest BCUT2D eigenvalue weighted by Gasteiger charge is 2.18. The van der Waals surface area contributed by atoms with Gasteiger partial charge in [-0.2, -0.15) is 0 Å². The molecule has 0 aromatic heterocycles. The van der Waals surface area contributed by atoms with Gasteiger partial charge in [0.05, 0.1) is 11.5 Å². The van der Waals surface area contributed by atoms with Gasteiger partial charge in [-0.25, -0.2) is 13.1 Å². The van der Waals surface area contributed by atoms with Gasteiger partial charge >= 0.3 is 0 Å². The Bertz CT molecular complexity index is 627. The van der Waals surface area contributed by atoms with Crippen LogP contribution in [0.4, 0.5) is 0 Å². The van der Waals surface area contributed by atoms with Gasteiger partial charge in [-0.05, 0) is 37.6 Å². The van der Waals surface area contributed by atoms with Gasteiger partial charge in [0.1, 0.15) is 0 Å². The van der Waals surface area contributed by atoms with E-state index < -0.39 is 10.0 Å². The second-order valence-corrected chi connectivity index (χ2v) is 7.19. The van der Waals surface area contributed by atoms with E-state index in [2.05, 4.69) is 15.4 Å². The predicted octanol–water partition coefficient (Wildman–Crippen LogP) is 0.0931. The normalized spacial score (nSPS) is 18.0. The third kappa shape index (κ3) is 5.28. The van der Waals surface area contributed by atoms with Crippen molar-refractivity contribution >= 4 is 15.9 Å². The highest BCUT2D eigenvalue weighted by Crippen LogP contribution is 2.12. The van der Waals surface area contributed by atoms with E-state index in [1.165, 1.54) is 19.2 Å². The molecule has 8 heteroatoms. The fourth-order valence-corrected chi connectivity index (χ4v) is 3.47. The fourth-order valence-electron chi connectivity index (χ4n) is 2.41. The molecule has 1 fully saturated rings. The molecular weight excluding hydrogens is 318 g/mol. The van der Waals surface area contributed by atoms with Gasteiger partial charge in [0.25, 0.3) is 5.91 Å². The average molecular weight is 341 g/mol. The summed E-state index contributed by atoms with van der Waals surface area (Å²) >= 11 is 0. The van der Waals surface area contributed by atoms with Crippen molar-refractivity contribution in [2.75, 3.05) is 33.4 Å². The Morgan fingerprint density at radius 2 is 2.26 bits per heavy atom. The molecular formula is C15H23N3O4S. The minimum absolute atomic E-state index is 0.0697. The van der Waals surface area contributed by atoms with Crippen LogP contribution in [0.1, 0.15) is 23.2 Å². The first kappa shape index (κ1) is 17.9. The summed E-state index contributed by atoms with van der Waals surface area (Å²) in [6.45, 7) is 1.99. The first-order valence-corrected chi connectivity index (χ1v) is 9.11. The first-order chi connectivity index (χ1) is 11.0. The third-order valence-corrected chi connectivity index (χ3v) is 5.13. The minimum Gasteiger partial charge on any atom is -0.383 e. The SMILES string of the molecule is COCCNS(=O)(=O)c1cccc(C(=O)NCC2CCCN2)c1. The van der Waals surface area contributed by atoms with E-state index in [1.54, 1.807) is 12.1 Å². The summed E-state index contributed by atoms with van der Waals surface area (Å²) in [5, 5.41) is 6.13. The van der Waals surface area contributed by atoms with E-state index in [1.807, 2.05) is 0 Å². The van der Waals surface area contributed by atoms with Gasteiger partial charge in [0, 0.05) is 31.8 Å². The summed E-state index contributed by atoms with van der Waals surface area (Å²) in [7, 11) is -2.14. The van der Waals surface area contributed by atoms with Crippen LogP contribution in [0.15, 0.2) is 29.2 Å². The molecule has 1 atom stereocenters. The van der Waals surface area contributed by atoms with Gasteiger partial charge in [0.15, 0.2) is 0 Å². The van der Waals surface area contributed by atoms with Crippen LogP contribution in [0, 0.1) is 0 Å². The number of amides is 1. The molecule has 1 heterocycles. The number of benzene rings is 1. The molecule has 1 aliphatic heterocycles. The number of carbonyl (C=O) groups is 1. The molecule has 1 saturated heterocycles. The lowest BCUT2D eigenvalue weighted by molar-refractivity contribution is 0.0950. The van der Waals surface area contributed by atoms with Gasteiger partial charge in [-0.15, -0.1) is 0 Å². The zero-order valence-electron chi connectivity index (χ0n) is 13.2. The molecule has 1 unspecified atom stereocenters. The Morgan fingerprint density at radius 1 is 1.43 bits per heavy atom. The van der Waals surface area contributed by atoms with Crippen LogP contribution < -0.4 is 15.4 Å². The number of methoxy groups -OCH3 is 1. The Morgan fingerprint density at radius 3 is 2.96 bits per heavy atom. The van der Waals surface area contributed by atoms with E-state index in [0.717, 1.165) is 19.4 Å². The van der Waals surface area contributed by atoms with E-state index in [-0.39, 0.29) is 24.0 Å². The second-order valence-electron chi connectivity index (χ2n) is 5.42. The first-order valence-electron chi connectivity index (χ1n) is 7.63. The molecule has 1 aliphatic rings. The van der Waals surface area contributed by atoms with E-state index in [4.69, 9.17) is 4.74 Å². The predicted molar refractivity (Wildman–Crippen MR) is 86.9 cm³/mol. The monoisotopic (exact) mass is 341 g/mol. The lowest BCUT2D eigenvalue weighted by Gasteiger charge is -2.12. The molecule has 1 aromatic rings. The molecule has 1 amide bonds. The number of sulfonamides is 1. The van der Waals surface area contributed by atoms with Gasteiger partial charge in [0.2, 0.25) is 10.0 Å². The molecule has 23 heavy (non-hydrogen) atoms. The zero-order chi connectivity index (χ0) is 16.7. The molecule has 0 saturated carbocycles. The number of rotatable bonds is 8. The molecule has 128 valence electrons. The Balaban J connectivity index is 1.99. The van der Waals surface area contributed by atoms with Crippen LogP contribution in [0.5, 0.6) is 0 Å². The summed E-state index contributed by atoms with van der Waals surface area (Å²) in [5.41, 5.74) is 0.331. The summed E-state index contributed by atoms with van der Waals surface area (Å²) in [6, 6.07) is 6.30. The maximum Gasteiger partial charge on any atom is 0.251 e. The smallest absolute Gasteiger partial charge is 0.251 e. The second kappa shape index (κ2) is 8.39. The van der Waals surface area contributed by atoms with Crippen molar-refractivity contribution < 1.29 is 17.9 Å². The van der Waals surface area contributed by atoms with E-state index >= 15 is 0 Å². The van der Waals surface area contributed by atoms with Crippen molar-refractivity contribution in [3.63, 3.8) is 0 Å². The van der Waals surface area contributed by atoms with E-state index in [9.17, 15) is 13.2 Å². The van der Waals surface area contributed by atoms with Crippen molar-refractivity contribution in [2.45, 2.75) is 23.8 Å². The number of carbonyl (C=O) groups excluding carboxylic acids is 1. The van der Waals surface area contributed by atoms with Crippen LogP contribution in [0.2, 0.25) is 0 Å². The average Bonchev–Trinajstić information content (AvgIpc) is 3.06. The van der Waals surface area contributed by atoms with Crippen LogP contribution in [-0.4, -0.2) is 53.7 Å². The van der Waals surface area contributed by atoms with Crippen LogP contribution in [0.25, 0.3) is 0 Å². The zero-order valence-corrected chi connectivity index (χ0v) is 14.0. The molecule has 0 bridgehead atoms. The summed E-state index contributed by atoms with van der Waals surface area (Å²) in [4.78, 5) is 12.2. The van der Waals surface area contributed by atoms with Crippen molar-refractivity contribution in [1.29, 1.82) is 0 Å². The molecule has 7 nitrogen and oxygen atoms in total. The summed E-state index contributed by atoms with van der Waals surface area (Å²) in [6.07, 6.45) is 2.15. The Hall–Kier alpha value is -1.48. The van der Waals surface area contributed by atoms with Crippen LogP contribution in [-0.2, 0) is 14.8 Å². The van der Waals surface area contributed by atoms with Crippen molar-refractivity contribution in [1.82, 2.24) is 15.4 Å². The minimum atomic E-state index is -3.64. The Kier molecular flexibility index (Phi) is 6.52. The standard InChI is InChI=1S/C15H23N3O4S/c1-22-9-8-18-23(20,21)14-6-2-4-12(10-14)15(19)17-11-13-5-3-7-16-13/h2,4,6,10,13,16,18H,3,5,7-9,11H2,1H3,(H,17,19). The van der Waals surface area contributed by atoms with Gasteiger partial charge in [-0.1, -0.05) is 6.07 Å². The molecule has 1 aromatic carbocycles. The molecule has 2 rings (SSSR count). The van der Waals surface area contributed by atoms with E-state index in [0.29, 0.717) is 18.2 Å². The summed E-state index contributed by atoms with van der Waals surface area (Å²) < 4.78 is 31.5. The largest absolute Gasteiger partial charge is 0.383 e. The maximum absolute atomic E-state index is 12.2. The highest BCUT2D eigenvalue weighted by molar-refractivity contribution is 7.89. The van der Waals surface area contributed by atoms with Gasteiger partial charge < -0.3 is 15.4 Å². The summed E-state index contributed by atoms with van der Waals surface area (Å²) in [5.74, 6) is -0.271. The highest BCUT2D eigenvalue weighted by atomic mass is 32.2.